The Morgan fingerprint density at radius 2 is 0.714 bits per heavy atom. The number of esters is 1. The number of hydrogen-bond donors (Lipinski definition) is 3. The van der Waals surface area contributed by atoms with E-state index in [-0.39, 0.29) is 18.5 Å². The number of aliphatic hydroxyl groups excluding tert-OH is 2. The van der Waals surface area contributed by atoms with Crippen LogP contribution >= 0.6 is 0 Å². The van der Waals surface area contributed by atoms with Gasteiger partial charge < -0.3 is 20.3 Å². The van der Waals surface area contributed by atoms with Gasteiger partial charge in [-0.15, -0.1) is 0 Å². The normalized spacial score (nSPS) is 12.9. The van der Waals surface area contributed by atoms with Crippen LogP contribution in [0.5, 0.6) is 0 Å². The van der Waals surface area contributed by atoms with Crippen LogP contribution in [-0.4, -0.2) is 47.4 Å². The van der Waals surface area contributed by atoms with E-state index in [1.807, 2.05) is 6.08 Å². The lowest BCUT2D eigenvalue weighted by atomic mass is 10.0. The minimum absolute atomic E-state index is 0.00186. The molecule has 0 spiro atoms. The summed E-state index contributed by atoms with van der Waals surface area (Å²) in [6, 6.07) is -0.639. The SMILES string of the molecule is CCCCC/C=C\C/C=C\CCCCCCCCCCCC(=O)OCCCCCCCCCCC/C=C\CCCCCCCC(=O)NC(CO)C(O)/C=C/CCCCCCCCCCCCCCCC. The molecule has 0 aliphatic heterocycles. The van der Waals surface area contributed by atoms with Crippen molar-refractivity contribution < 1.29 is 24.5 Å². The Kier molecular flexibility index (Phi) is 57.5. The van der Waals surface area contributed by atoms with Crippen molar-refractivity contribution in [1.29, 1.82) is 0 Å². The van der Waals surface area contributed by atoms with Crippen LogP contribution in [0.25, 0.3) is 0 Å². The van der Waals surface area contributed by atoms with E-state index in [2.05, 4.69) is 55.6 Å². The van der Waals surface area contributed by atoms with Crippen molar-refractivity contribution in [3.05, 3.63) is 48.6 Å². The first kappa shape index (κ1) is 67.8. The highest BCUT2D eigenvalue weighted by atomic mass is 16.5. The summed E-state index contributed by atoms with van der Waals surface area (Å²) < 4.78 is 5.49. The summed E-state index contributed by atoms with van der Waals surface area (Å²) in [4.78, 5) is 24.6. The Morgan fingerprint density at radius 3 is 1.13 bits per heavy atom. The molecule has 410 valence electrons. The number of hydrogen-bond acceptors (Lipinski definition) is 5. The molecule has 0 aromatic carbocycles. The van der Waals surface area contributed by atoms with Gasteiger partial charge in [-0.1, -0.05) is 268 Å². The highest BCUT2D eigenvalue weighted by Gasteiger charge is 2.18. The number of ether oxygens (including phenoxy) is 1. The molecule has 0 aromatic heterocycles. The van der Waals surface area contributed by atoms with Gasteiger partial charge in [-0.3, -0.25) is 9.59 Å². The van der Waals surface area contributed by atoms with E-state index < -0.39 is 12.1 Å². The van der Waals surface area contributed by atoms with Crippen molar-refractivity contribution >= 4 is 11.9 Å². The van der Waals surface area contributed by atoms with Gasteiger partial charge in [-0.05, 0) is 89.9 Å². The molecule has 0 radical (unpaired) electrons. The van der Waals surface area contributed by atoms with Crippen molar-refractivity contribution in [3.63, 3.8) is 0 Å². The average molecular weight is 983 g/mol. The second-order valence-corrected chi connectivity index (χ2v) is 21.0. The molecule has 0 aliphatic rings. The first-order chi connectivity index (χ1) is 34.5. The maximum atomic E-state index is 12.5. The standard InChI is InChI=1S/C64H119NO5/c1-3-5-7-9-11-13-15-17-19-21-22-26-30-34-38-42-46-50-54-58-64(69)70-59-55-51-47-43-39-35-31-27-24-23-25-29-33-37-41-45-49-53-57-63(68)65-61(60-66)62(67)56-52-48-44-40-36-32-28-20-18-16-14-12-10-8-6-4-2/h11,13,17,19,25,29,52,56,61-62,66-67H,3-10,12,14-16,18,20-24,26-28,30-51,53-55,57-60H2,1-2H3,(H,65,68)/b13-11-,19-17-,29-25-,56-52+. The maximum absolute atomic E-state index is 12.5. The third-order valence-corrected chi connectivity index (χ3v) is 14.1. The quantitative estimate of drug-likeness (QED) is 0.0321. The fraction of sp³-hybridized carbons (Fsp3) is 0.844. The average Bonchev–Trinajstić information content (AvgIpc) is 3.36. The van der Waals surface area contributed by atoms with Crippen molar-refractivity contribution in [2.75, 3.05) is 13.2 Å². The molecule has 0 aromatic rings. The van der Waals surface area contributed by atoms with Crippen LogP contribution in [-0.2, 0) is 14.3 Å². The highest BCUT2D eigenvalue weighted by molar-refractivity contribution is 5.76. The number of carbonyl (C=O) groups is 2. The third kappa shape index (κ3) is 55.1. The molecule has 1 amide bonds. The second kappa shape index (κ2) is 59.4. The van der Waals surface area contributed by atoms with E-state index in [0.29, 0.717) is 19.4 Å². The molecule has 0 aliphatic carbocycles. The van der Waals surface area contributed by atoms with Gasteiger partial charge in [0.15, 0.2) is 0 Å². The van der Waals surface area contributed by atoms with Gasteiger partial charge in [0.1, 0.15) is 0 Å². The Bertz CT molecular complexity index is 1180. The molecule has 2 unspecified atom stereocenters. The molecule has 0 rings (SSSR count). The predicted molar refractivity (Wildman–Crippen MR) is 306 cm³/mol. The largest absolute Gasteiger partial charge is 0.466 e. The Morgan fingerprint density at radius 1 is 0.400 bits per heavy atom. The molecule has 0 heterocycles. The molecular weight excluding hydrogens is 863 g/mol. The maximum Gasteiger partial charge on any atom is 0.305 e. The number of unbranched alkanes of at least 4 members (excludes halogenated alkanes) is 40. The van der Waals surface area contributed by atoms with E-state index in [4.69, 9.17) is 4.74 Å². The van der Waals surface area contributed by atoms with Crippen LogP contribution in [0, 0.1) is 0 Å². The zero-order valence-corrected chi connectivity index (χ0v) is 46.7. The summed E-state index contributed by atoms with van der Waals surface area (Å²) in [5.74, 6) is -0.0835. The number of nitrogens with one attached hydrogen (secondary N) is 1. The van der Waals surface area contributed by atoms with E-state index in [1.165, 1.54) is 225 Å². The van der Waals surface area contributed by atoms with Crippen molar-refractivity contribution in [3.8, 4) is 0 Å². The topological polar surface area (TPSA) is 95.9 Å². The van der Waals surface area contributed by atoms with Gasteiger partial charge in [0.05, 0.1) is 25.4 Å². The zero-order valence-electron chi connectivity index (χ0n) is 46.7. The Labute approximate surface area is 436 Å². The lowest BCUT2D eigenvalue weighted by molar-refractivity contribution is -0.143. The van der Waals surface area contributed by atoms with E-state index >= 15 is 0 Å². The Hall–Kier alpha value is -2.18. The summed E-state index contributed by atoms with van der Waals surface area (Å²) in [7, 11) is 0. The highest BCUT2D eigenvalue weighted by Crippen LogP contribution is 2.16. The van der Waals surface area contributed by atoms with Gasteiger partial charge in [-0.25, -0.2) is 0 Å². The summed E-state index contributed by atoms with van der Waals surface area (Å²) in [6.07, 6.45) is 75.7. The number of rotatable bonds is 57. The molecule has 0 saturated carbocycles. The summed E-state index contributed by atoms with van der Waals surface area (Å²) in [6.45, 7) is 4.87. The third-order valence-electron chi connectivity index (χ3n) is 14.1. The number of allylic oxidation sites excluding steroid dienone is 7. The summed E-state index contributed by atoms with van der Waals surface area (Å²) in [5.41, 5.74) is 0. The molecule has 2 atom stereocenters. The van der Waals surface area contributed by atoms with Crippen LogP contribution in [0.1, 0.15) is 322 Å². The van der Waals surface area contributed by atoms with Crippen molar-refractivity contribution in [2.24, 2.45) is 0 Å². The van der Waals surface area contributed by atoms with Crippen LogP contribution in [0.2, 0.25) is 0 Å². The molecule has 6 heteroatoms. The van der Waals surface area contributed by atoms with E-state index in [0.717, 1.165) is 70.6 Å². The molecule has 70 heavy (non-hydrogen) atoms. The summed E-state index contributed by atoms with van der Waals surface area (Å²) in [5, 5.41) is 23.1. The lowest BCUT2D eigenvalue weighted by Gasteiger charge is -2.20. The lowest BCUT2D eigenvalue weighted by Crippen LogP contribution is -2.45. The van der Waals surface area contributed by atoms with Gasteiger partial charge >= 0.3 is 5.97 Å². The molecule has 0 saturated heterocycles. The molecular formula is C64H119NO5. The van der Waals surface area contributed by atoms with Crippen LogP contribution in [0.15, 0.2) is 48.6 Å². The first-order valence-electron chi connectivity index (χ1n) is 30.9. The number of amides is 1. The number of carbonyl (C=O) groups excluding carboxylic acids is 2. The first-order valence-corrected chi connectivity index (χ1v) is 30.9. The smallest absolute Gasteiger partial charge is 0.305 e. The fourth-order valence-electron chi connectivity index (χ4n) is 9.31. The molecule has 0 fully saturated rings. The van der Waals surface area contributed by atoms with Crippen LogP contribution in [0.3, 0.4) is 0 Å². The molecule has 0 bridgehead atoms. The minimum atomic E-state index is -0.854. The molecule has 6 nitrogen and oxygen atoms in total. The second-order valence-electron chi connectivity index (χ2n) is 21.0. The van der Waals surface area contributed by atoms with Gasteiger partial charge in [0.2, 0.25) is 5.91 Å². The van der Waals surface area contributed by atoms with E-state index in [9.17, 15) is 19.8 Å². The van der Waals surface area contributed by atoms with Crippen molar-refractivity contribution in [2.45, 2.75) is 334 Å². The summed E-state index contributed by atoms with van der Waals surface area (Å²) >= 11 is 0. The van der Waals surface area contributed by atoms with Crippen LogP contribution < -0.4 is 5.32 Å². The van der Waals surface area contributed by atoms with Crippen LogP contribution in [0.4, 0.5) is 0 Å². The Balaban J connectivity index is 3.46. The monoisotopic (exact) mass is 982 g/mol. The van der Waals surface area contributed by atoms with Gasteiger partial charge in [0, 0.05) is 12.8 Å². The van der Waals surface area contributed by atoms with Gasteiger partial charge in [-0.2, -0.15) is 0 Å². The predicted octanol–water partition coefficient (Wildman–Crippen LogP) is 19.4. The van der Waals surface area contributed by atoms with E-state index in [1.54, 1.807) is 6.08 Å². The molecule has 3 N–H and O–H groups in total. The number of aliphatic hydroxyl groups is 2. The zero-order chi connectivity index (χ0) is 50.7. The fourth-order valence-corrected chi connectivity index (χ4v) is 9.31. The van der Waals surface area contributed by atoms with Gasteiger partial charge in [0.25, 0.3) is 0 Å². The van der Waals surface area contributed by atoms with Crippen molar-refractivity contribution in [1.82, 2.24) is 5.32 Å². The minimum Gasteiger partial charge on any atom is -0.466 e.